The molecule has 4 nitrogen and oxygen atoms in total. The minimum atomic E-state index is -0.925. The Morgan fingerprint density at radius 2 is 2.14 bits per heavy atom. The monoisotopic (exact) mass is 289 g/mol. The summed E-state index contributed by atoms with van der Waals surface area (Å²) in [5.74, 6) is 0.366. The lowest BCUT2D eigenvalue weighted by molar-refractivity contribution is 0.0692. The number of fused-ring (bicyclic) bond motifs is 1. The summed E-state index contributed by atoms with van der Waals surface area (Å²) in [6.45, 7) is 1.99. The maximum atomic E-state index is 11.3. The number of methoxy groups -OCH3 is 1. The van der Waals surface area contributed by atoms with Crippen LogP contribution in [0.3, 0.4) is 0 Å². The lowest BCUT2D eigenvalue weighted by Crippen LogP contribution is -2.41. The van der Waals surface area contributed by atoms with Crippen LogP contribution in [0.1, 0.15) is 48.0 Å². The van der Waals surface area contributed by atoms with Crippen molar-refractivity contribution >= 4 is 5.97 Å². The summed E-state index contributed by atoms with van der Waals surface area (Å²) >= 11 is 0. The van der Waals surface area contributed by atoms with Crippen molar-refractivity contribution in [1.29, 1.82) is 0 Å². The molecule has 2 fully saturated rings. The average molecular weight is 289 g/mol. The van der Waals surface area contributed by atoms with Crippen LogP contribution in [0.2, 0.25) is 0 Å². The van der Waals surface area contributed by atoms with Gasteiger partial charge in [0.2, 0.25) is 0 Å². The highest BCUT2D eigenvalue weighted by Gasteiger charge is 2.34. The molecule has 2 aliphatic rings. The van der Waals surface area contributed by atoms with E-state index in [2.05, 4.69) is 4.90 Å². The normalized spacial score (nSPS) is 25.6. The van der Waals surface area contributed by atoms with Crippen molar-refractivity contribution in [1.82, 2.24) is 4.90 Å². The number of carbonyl (C=O) groups is 1. The minimum Gasteiger partial charge on any atom is -0.496 e. The molecule has 4 heteroatoms. The molecule has 1 saturated heterocycles. The smallest absolute Gasteiger partial charge is 0.339 e. The van der Waals surface area contributed by atoms with Crippen LogP contribution in [0.25, 0.3) is 0 Å². The van der Waals surface area contributed by atoms with Crippen LogP contribution >= 0.6 is 0 Å². The summed E-state index contributed by atoms with van der Waals surface area (Å²) in [7, 11) is 1.51. The van der Waals surface area contributed by atoms with Crippen molar-refractivity contribution in [3.8, 4) is 5.75 Å². The standard InChI is InChI=1S/C17H23NO3/c1-21-16-8-7-12(10-14(16)17(19)20)11-18-9-3-5-13-4-2-6-15(13)18/h7-8,10,13,15H,2-6,9,11H2,1H3,(H,19,20). The van der Waals surface area contributed by atoms with E-state index < -0.39 is 5.97 Å². The van der Waals surface area contributed by atoms with E-state index in [1.54, 1.807) is 12.1 Å². The summed E-state index contributed by atoms with van der Waals surface area (Å²) < 4.78 is 5.13. The molecule has 3 rings (SSSR count). The van der Waals surface area contributed by atoms with Gasteiger partial charge >= 0.3 is 5.97 Å². The van der Waals surface area contributed by atoms with E-state index in [4.69, 9.17) is 4.74 Å². The van der Waals surface area contributed by atoms with Crippen LogP contribution < -0.4 is 4.74 Å². The second kappa shape index (κ2) is 6.06. The van der Waals surface area contributed by atoms with Crippen LogP contribution in [-0.2, 0) is 6.54 Å². The van der Waals surface area contributed by atoms with Crippen LogP contribution in [0.15, 0.2) is 18.2 Å². The van der Waals surface area contributed by atoms with E-state index in [1.165, 1.54) is 39.2 Å². The number of hydrogen-bond donors (Lipinski definition) is 1. The fraction of sp³-hybridized carbons (Fsp3) is 0.588. The third-order valence-electron chi connectivity index (χ3n) is 4.99. The molecular weight excluding hydrogens is 266 g/mol. The largest absolute Gasteiger partial charge is 0.496 e. The fourth-order valence-electron chi connectivity index (χ4n) is 4.01. The summed E-state index contributed by atoms with van der Waals surface area (Å²) in [5.41, 5.74) is 1.33. The molecule has 1 aliphatic carbocycles. The first kappa shape index (κ1) is 14.4. The molecule has 2 atom stereocenters. The summed E-state index contributed by atoms with van der Waals surface area (Å²) in [5, 5.41) is 9.28. The Kier molecular flexibility index (Phi) is 4.15. The Morgan fingerprint density at radius 3 is 2.90 bits per heavy atom. The number of ether oxygens (including phenoxy) is 1. The molecule has 0 bridgehead atoms. The third kappa shape index (κ3) is 2.91. The number of hydrogen-bond acceptors (Lipinski definition) is 3. The number of carboxylic acid groups (broad SMARTS) is 1. The first-order valence-corrected chi connectivity index (χ1v) is 7.83. The molecule has 1 aromatic rings. The highest BCUT2D eigenvalue weighted by atomic mass is 16.5. The highest BCUT2D eigenvalue weighted by molar-refractivity contribution is 5.91. The molecular formula is C17H23NO3. The Morgan fingerprint density at radius 1 is 1.33 bits per heavy atom. The predicted molar refractivity (Wildman–Crippen MR) is 80.7 cm³/mol. The van der Waals surface area contributed by atoms with E-state index >= 15 is 0 Å². The topological polar surface area (TPSA) is 49.8 Å². The Bertz CT molecular complexity index is 529. The van der Waals surface area contributed by atoms with Crippen LogP contribution in [0.5, 0.6) is 5.75 Å². The first-order valence-electron chi connectivity index (χ1n) is 7.83. The van der Waals surface area contributed by atoms with Gasteiger partial charge in [0.25, 0.3) is 0 Å². The third-order valence-corrected chi connectivity index (χ3v) is 4.99. The minimum absolute atomic E-state index is 0.259. The predicted octanol–water partition coefficient (Wildman–Crippen LogP) is 3.16. The zero-order valence-electron chi connectivity index (χ0n) is 12.5. The number of aromatic carboxylic acids is 1. The number of likely N-dealkylation sites (tertiary alicyclic amines) is 1. The second-order valence-electron chi connectivity index (χ2n) is 6.21. The fourth-order valence-corrected chi connectivity index (χ4v) is 4.01. The van der Waals surface area contributed by atoms with E-state index in [-0.39, 0.29) is 5.56 Å². The zero-order valence-corrected chi connectivity index (χ0v) is 12.5. The second-order valence-corrected chi connectivity index (χ2v) is 6.21. The maximum absolute atomic E-state index is 11.3. The molecule has 2 unspecified atom stereocenters. The highest BCUT2D eigenvalue weighted by Crippen LogP contribution is 2.37. The number of piperidine rings is 1. The van der Waals surface area contributed by atoms with Crippen LogP contribution in [-0.4, -0.2) is 35.7 Å². The van der Waals surface area contributed by atoms with Crippen molar-refractivity contribution in [2.24, 2.45) is 5.92 Å². The van der Waals surface area contributed by atoms with Gasteiger partial charge in [0.15, 0.2) is 0 Å². The SMILES string of the molecule is COc1ccc(CN2CCCC3CCCC32)cc1C(=O)O. The van der Waals surface area contributed by atoms with Crippen LogP contribution in [0, 0.1) is 5.92 Å². The van der Waals surface area contributed by atoms with Crippen LogP contribution in [0.4, 0.5) is 0 Å². The van der Waals surface area contributed by atoms with Gasteiger partial charge in [-0.1, -0.05) is 12.5 Å². The van der Waals surface area contributed by atoms with Gasteiger partial charge in [-0.25, -0.2) is 4.79 Å². The Hall–Kier alpha value is -1.55. The van der Waals surface area contributed by atoms with E-state index in [0.29, 0.717) is 11.8 Å². The van der Waals surface area contributed by atoms with Crippen molar-refractivity contribution in [3.63, 3.8) is 0 Å². The van der Waals surface area contributed by atoms with Gasteiger partial charge in [-0.2, -0.15) is 0 Å². The summed E-state index contributed by atoms with van der Waals surface area (Å²) in [4.78, 5) is 13.9. The number of nitrogens with zero attached hydrogens (tertiary/aromatic N) is 1. The molecule has 114 valence electrons. The quantitative estimate of drug-likeness (QED) is 0.925. The lowest BCUT2D eigenvalue weighted by Gasteiger charge is -2.37. The van der Waals surface area contributed by atoms with Gasteiger partial charge in [-0.05, 0) is 55.8 Å². The Labute approximate surface area is 125 Å². The molecule has 1 aliphatic heterocycles. The van der Waals surface area contributed by atoms with E-state index in [9.17, 15) is 9.90 Å². The molecule has 1 N–H and O–H groups in total. The summed E-state index contributed by atoms with van der Waals surface area (Å²) in [6.07, 6.45) is 6.64. The van der Waals surface area contributed by atoms with Crippen molar-refractivity contribution < 1.29 is 14.6 Å². The molecule has 21 heavy (non-hydrogen) atoms. The van der Waals surface area contributed by atoms with E-state index in [1.807, 2.05) is 6.07 Å². The molecule has 0 spiro atoms. The van der Waals surface area contributed by atoms with Gasteiger partial charge in [-0.3, -0.25) is 4.90 Å². The number of benzene rings is 1. The first-order chi connectivity index (χ1) is 10.2. The number of rotatable bonds is 4. The lowest BCUT2D eigenvalue weighted by atomic mass is 9.91. The summed E-state index contributed by atoms with van der Waals surface area (Å²) in [6, 6.07) is 6.23. The van der Waals surface area contributed by atoms with Gasteiger partial charge in [0.1, 0.15) is 11.3 Å². The molecule has 0 amide bonds. The molecule has 0 radical (unpaired) electrons. The van der Waals surface area contributed by atoms with Crippen molar-refractivity contribution in [3.05, 3.63) is 29.3 Å². The molecule has 1 heterocycles. The van der Waals surface area contributed by atoms with Crippen molar-refractivity contribution in [2.75, 3.05) is 13.7 Å². The maximum Gasteiger partial charge on any atom is 0.339 e. The van der Waals surface area contributed by atoms with Gasteiger partial charge in [0.05, 0.1) is 7.11 Å². The van der Waals surface area contributed by atoms with Gasteiger partial charge in [-0.15, -0.1) is 0 Å². The zero-order chi connectivity index (χ0) is 14.8. The Balaban J connectivity index is 1.78. The van der Waals surface area contributed by atoms with Gasteiger partial charge < -0.3 is 9.84 Å². The van der Waals surface area contributed by atoms with E-state index in [0.717, 1.165) is 24.6 Å². The molecule has 1 saturated carbocycles. The number of carboxylic acids is 1. The average Bonchev–Trinajstić information content (AvgIpc) is 2.96. The molecule has 1 aromatic carbocycles. The molecule has 0 aromatic heterocycles. The van der Waals surface area contributed by atoms with Crippen molar-refractivity contribution in [2.45, 2.75) is 44.7 Å². The van der Waals surface area contributed by atoms with Gasteiger partial charge in [0, 0.05) is 12.6 Å².